The van der Waals surface area contributed by atoms with E-state index in [-0.39, 0.29) is 5.88 Å². The fourth-order valence-corrected chi connectivity index (χ4v) is 2.05. The first kappa shape index (κ1) is 13.4. The molecule has 0 aliphatic carbocycles. The molecule has 0 spiro atoms. The van der Waals surface area contributed by atoms with Crippen LogP contribution in [0.15, 0.2) is 41.8 Å². The number of aliphatic hydroxyl groups excluding tert-OH is 1. The molecule has 0 saturated carbocycles. The van der Waals surface area contributed by atoms with Crippen LogP contribution < -0.4 is 5.32 Å². The van der Waals surface area contributed by atoms with Gasteiger partial charge in [-0.15, -0.1) is 29.9 Å². The number of hydrogen-bond acceptors (Lipinski definition) is 3. The smallest absolute Gasteiger partial charge is 0.0847 e. The van der Waals surface area contributed by atoms with E-state index >= 15 is 0 Å². The first-order chi connectivity index (χ1) is 7.77. The van der Waals surface area contributed by atoms with Crippen molar-refractivity contribution < 1.29 is 5.11 Å². The highest BCUT2D eigenvalue weighted by atomic mass is 35.5. The van der Waals surface area contributed by atoms with Gasteiger partial charge in [0, 0.05) is 22.9 Å². The van der Waals surface area contributed by atoms with Crippen molar-refractivity contribution in [3.63, 3.8) is 0 Å². The van der Waals surface area contributed by atoms with Crippen molar-refractivity contribution >= 4 is 29.1 Å². The number of benzene rings is 1. The Morgan fingerprint density at radius 3 is 2.94 bits per heavy atom. The average molecular weight is 258 g/mol. The summed E-state index contributed by atoms with van der Waals surface area (Å²) in [5.41, 5.74) is 1.03. The van der Waals surface area contributed by atoms with Gasteiger partial charge in [-0.05, 0) is 12.1 Å². The Bertz CT molecular complexity index is 333. The van der Waals surface area contributed by atoms with Crippen LogP contribution in [0.2, 0.25) is 0 Å². The van der Waals surface area contributed by atoms with Crippen molar-refractivity contribution in [1.29, 1.82) is 0 Å². The van der Waals surface area contributed by atoms with Crippen LogP contribution >= 0.6 is 23.4 Å². The Morgan fingerprint density at radius 1 is 1.50 bits per heavy atom. The summed E-state index contributed by atoms with van der Waals surface area (Å²) in [6, 6.07) is 8.00. The molecule has 0 radical (unpaired) electrons. The lowest BCUT2D eigenvalue weighted by molar-refractivity contribution is 0.211. The maximum absolute atomic E-state index is 9.37. The molecule has 88 valence electrons. The minimum Gasteiger partial charge on any atom is -0.390 e. The van der Waals surface area contributed by atoms with Gasteiger partial charge in [0.05, 0.1) is 12.0 Å². The van der Waals surface area contributed by atoms with Crippen LogP contribution in [-0.4, -0.2) is 29.4 Å². The van der Waals surface area contributed by atoms with Crippen LogP contribution in [0.5, 0.6) is 0 Å². The van der Waals surface area contributed by atoms with Crippen LogP contribution in [0, 0.1) is 0 Å². The molecule has 0 fully saturated rings. The van der Waals surface area contributed by atoms with Gasteiger partial charge in [-0.1, -0.05) is 18.2 Å². The lowest BCUT2D eigenvalue weighted by atomic mass is 10.3. The number of hydrogen-bond donors (Lipinski definition) is 2. The molecule has 0 aromatic heterocycles. The minimum atomic E-state index is -0.515. The van der Waals surface area contributed by atoms with Gasteiger partial charge in [0.25, 0.3) is 0 Å². The summed E-state index contributed by atoms with van der Waals surface area (Å²) in [5, 5.41) is 12.6. The van der Waals surface area contributed by atoms with E-state index in [0.717, 1.165) is 16.3 Å². The number of aliphatic hydroxyl groups is 1. The van der Waals surface area contributed by atoms with Crippen molar-refractivity contribution in [2.45, 2.75) is 11.0 Å². The second-order valence-electron chi connectivity index (χ2n) is 3.28. The van der Waals surface area contributed by atoms with Crippen LogP contribution in [0.1, 0.15) is 0 Å². The fraction of sp³-hybridized carbons (Fsp3) is 0.333. The number of alkyl halides is 1. The molecule has 4 heteroatoms. The predicted molar refractivity (Wildman–Crippen MR) is 72.6 cm³/mol. The van der Waals surface area contributed by atoms with Crippen LogP contribution in [0.25, 0.3) is 0 Å². The third-order valence-electron chi connectivity index (χ3n) is 1.95. The SMILES string of the molecule is C=CCSc1ccccc1NCC(O)CCl. The molecule has 1 atom stereocenters. The zero-order valence-electron chi connectivity index (χ0n) is 9.03. The second kappa shape index (κ2) is 7.60. The summed E-state index contributed by atoms with van der Waals surface area (Å²) in [6.45, 7) is 4.16. The maximum Gasteiger partial charge on any atom is 0.0847 e. The Labute approximate surface area is 106 Å². The minimum absolute atomic E-state index is 0.245. The number of para-hydroxylation sites is 1. The fourth-order valence-electron chi connectivity index (χ4n) is 1.17. The van der Waals surface area contributed by atoms with E-state index in [4.69, 9.17) is 11.6 Å². The van der Waals surface area contributed by atoms with Gasteiger partial charge in [0.15, 0.2) is 0 Å². The molecule has 1 rings (SSSR count). The van der Waals surface area contributed by atoms with Crippen molar-refractivity contribution in [3.8, 4) is 0 Å². The highest BCUT2D eigenvalue weighted by Crippen LogP contribution is 2.26. The predicted octanol–water partition coefficient (Wildman–Crippen LogP) is 2.98. The highest BCUT2D eigenvalue weighted by molar-refractivity contribution is 7.99. The summed E-state index contributed by atoms with van der Waals surface area (Å²) in [5.74, 6) is 1.12. The van der Waals surface area contributed by atoms with E-state index in [2.05, 4.69) is 11.9 Å². The van der Waals surface area contributed by atoms with Gasteiger partial charge >= 0.3 is 0 Å². The Hall–Kier alpha value is -0.640. The molecular formula is C12H16ClNOS. The summed E-state index contributed by atoms with van der Waals surface area (Å²) in [4.78, 5) is 1.16. The summed E-state index contributed by atoms with van der Waals surface area (Å²) >= 11 is 7.24. The molecule has 2 N–H and O–H groups in total. The zero-order valence-corrected chi connectivity index (χ0v) is 10.6. The molecule has 0 saturated heterocycles. The van der Waals surface area contributed by atoms with E-state index in [0.29, 0.717) is 6.54 Å². The van der Waals surface area contributed by atoms with Gasteiger partial charge in [0.1, 0.15) is 0 Å². The van der Waals surface area contributed by atoms with Crippen molar-refractivity contribution in [2.75, 3.05) is 23.5 Å². The Balaban J connectivity index is 2.59. The van der Waals surface area contributed by atoms with E-state index in [1.165, 1.54) is 0 Å². The topological polar surface area (TPSA) is 32.3 Å². The third kappa shape index (κ3) is 4.47. The van der Waals surface area contributed by atoms with E-state index in [9.17, 15) is 5.11 Å². The number of anilines is 1. The first-order valence-electron chi connectivity index (χ1n) is 5.08. The van der Waals surface area contributed by atoms with Crippen molar-refractivity contribution in [2.24, 2.45) is 0 Å². The molecule has 1 aromatic carbocycles. The van der Waals surface area contributed by atoms with Crippen LogP contribution in [0.3, 0.4) is 0 Å². The Kier molecular flexibility index (Phi) is 6.38. The van der Waals surface area contributed by atoms with Gasteiger partial charge in [0.2, 0.25) is 0 Å². The van der Waals surface area contributed by atoms with E-state index in [1.54, 1.807) is 11.8 Å². The number of halogens is 1. The monoisotopic (exact) mass is 257 g/mol. The van der Waals surface area contributed by atoms with Gasteiger partial charge in [-0.2, -0.15) is 0 Å². The normalized spacial score (nSPS) is 12.1. The summed E-state index contributed by atoms with van der Waals surface area (Å²) in [7, 11) is 0. The summed E-state index contributed by atoms with van der Waals surface area (Å²) < 4.78 is 0. The molecule has 2 nitrogen and oxygen atoms in total. The standard InChI is InChI=1S/C12H16ClNOS/c1-2-7-16-12-6-4-3-5-11(12)14-9-10(15)8-13/h2-6,10,14-15H,1,7-9H2. The van der Waals surface area contributed by atoms with Gasteiger partial charge in [-0.25, -0.2) is 0 Å². The molecule has 0 aliphatic rings. The molecule has 16 heavy (non-hydrogen) atoms. The van der Waals surface area contributed by atoms with E-state index in [1.807, 2.05) is 30.3 Å². The molecule has 0 aliphatic heterocycles. The molecule has 0 bridgehead atoms. The number of thioether (sulfide) groups is 1. The van der Waals surface area contributed by atoms with Crippen molar-refractivity contribution in [3.05, 3.63) is 36.9 Å². The number of rotatable bonds is 7. The lowest BCUT2D eigenvalue weighted by Crippen LogP contribution is -2.20. The van der Waals surface area contributed by atoms with Gasteiger partial charge in [-0.3, -0.25) is 0 Å². The zero-order chi connectivity index (χ0) is 11.8. The van der Waals surface area contributed by atoms with Crippen LogP contribution in [-0.2, 0) is 0 Å². The van der Waals surface area contributed by atoms with Gasteiger partial charge < -0.3 is 10.4 Å². The largest absolute Gasteiger partial charge is 0.390 e. The third-order valence-corrected chi connectivity index (χ3v) is 3.38. The maximum atomic E-state index is 9.37. The average Bonchev–Trinajstić information content (AvgIpc) is 2.34. The molecule has 1 aromatic rings. The first-order valence-corrected chi connectivity index (χ1v) is 6.60. The quantitative estimate of drug-likeness (QED) is 0.448. The molecule has 1 unspecified atom stereocenters. The number of nitrogens with one attached hydrogen (secondary N) is 1. The molecule has 0 heterocycles. The van der Waals surface area contributed by atoms with E-state index < -0.39 is 6.10 Å². The summed E-state index contributed by atoms with van der Waals surface area (Å²) in [6.07, 6.45) is 1.36. The van der Waals surface area contributed by atoms with Crippen molar-refractivity contribution in [1.82, 2.24) is 0 Å². The lowest BCUT2D eigenvalue weighted by Gasteiger charge is -2.13. The highest BCUT2D eigenvalue weighted by Gasteiger charge is 2.04. The van der Waals surface area contributed by atoms with Crippen LogP contribution in [0.4, 0.5) is 5.69 Å². The second-order valence-corrected chi connectivity index (χ2v) is 4.66. The molecule has 0 amide bonds. The Morgan fingerprint density at radius 2 is 2.25 bits per heavy atom. The molecular weight excluding hydrogens is 242 g/mol.